The number of halogens is 1. The van der Waals surface area contributed by atoms with Gasteiger partial charge < -0.3 is 21.4 Å². The number of nitrogens with zero attached hydrogens (tertiary/aromatic N) is 6. The Morgan fingerprint density at radius 2 is 2.04 bits per heavy atom. The van der Waals surface area contributed by atoms with E-state index in [1.54, 1.807) is 42.3 Å². The van der Waals surface area contributed by atoms with E-state index < -0.39 is 34.9 Å². The molecule has 0 spiro atoms. The second kappa shape index (κ2) is 15.4. The monoisotopic (exact) mass is 729 g/mol. The molecule has 2 aromatic rings. The van der Waals surface area contributed by atoms with Crippen molar-refractivity contribution >= 4 is 98.7 Å². The number of fused-ring (bicyclic) bond motifs is 1. The summed E-state index contributed by atoms with van der Waals surface area (Å²) in [5, 5.41) is 27.1. The minimum Gasteiger partial charge on any atom is -0.477 e. The number of carbonyl (C=O) groups excluding carboxylic acids is 4. The van der Waals surface area contributed by atoms with Crippen LogP contribution in [0, 0.1) is 0 Å². The van der Waals surface area contributed by atoms with Gasteiger partial charge in [0.05, 0.1) is 0 Å². The number of carbonyl (C=O) groups is 5. The molecule has 2 aliphatic heterocycles. The lowest BCUT2D eigenvalue weighted by atomic mass is 10.0. The normalized spacial score (nSPS) is 17.8. The number of amides is 4. The molecule has 0 saturated carbocycles. The number of pyridine rings is 1. The fourth-order valence-corrected chi connectivity index (χ4v) is 8.90. The van der Waals surface area contributed by atoms with Crippen LogP contribution in [0.4, 0.5) is 5.13 Å². The Balaban J connectivity index is 1.42. The maximum Gasteiger partial charge on any atom is 0.353 e. The van der Waals surface area contributed by atoms with Gasteiger partial charge in [-0.05, 0) is 11.6 Å². The summed E-state index contributed by atoms with van der Waals surface area (Å²) in [5.41, 5.74) is 8.06. The molecule has 4 heterocycles. The number of nitrogens with one attached hydrogen (secondary N) is 2. The second-order valence-corrected chi connectivity index (χ2v) is 14.6. The molecule has 0 aromatic carbocycles. The summed E-state index contributed by atoms with van der Waals surface area (Å²) in [7, 11) is 1.68. The lowest BCUT2D eigenvalue weighted by Crippen LogP contribution is -2.71. The highest BCUT2D eigenvalue weighted by Gasteiger charge is 2.54. The summed E-state index contributed by atoms with van der Waals surface area (Å²) in [6, 6.07) is 0.678. The Morgan fingerprint density at radius 1 is 1.30 bits per heavy atom. The zero-order chi connectivity index (χ0) is 33.7. The molecule has 0 radical (unpaired) electrons. The highest BCUT2D eigenvalue weighted by atomic mass is 35.5. The molecule has 1 fully saturated rings. The summed E-state index contributed by atoms with van der Waals surface area (Å²) in [5.74, 6) is -2.22. The van der Waals surface area contributed by atoms with E-state index in [0.717, 1.165) is 31.8 Å². The number of aliphatic carboxylic acids is 1. The number of thioether (sulfide) groups is 3. The largest absolute Gasteiger partial charge is 0.477 e. The van der Waals surface area contributed by atoms with Gasteiger partial charge >= 0.3 is 5.97 Å². The molecule has 6 N–H and O–H groups in total. The fourth-order valence-electron chi connectivity index (χ4n) is 4.33. The second-order valence-electron chi connectivity index (χ2n) is 9.58. The lowest BCUT2D eigenvalue weighted by Gasteiger charge is -2.49. The average Bonchev–Trinajstić information content (AvgIpc) is 3.33. The average molecular weight is 730 g/mol. The number of β-lactam (4-membered cyclic amide) rings is 1. The Hall–Kier alpha value is -3.56. The van der Waals surface area contributed by atoms with Crippen LogP contribution in [0.2, 0.25) is 4.34 Å². The first-order valence-electron chi connectivity index (χ1n) is 13.2. The number of anilines is 1. The van der Waals surface area contributed by atoms with E-state index in [0.29, 0.717) is 23.0 Å². The number of oxime groups is 1. The molecular formula is C25H28ClN9O7S4. The standard InChI is InChI=1S/C25H28ClN9O7S4/c1-11(36)31-35(12(2)37)33(3)6-7-43-9-13-8-28-5-4-14(13)45-15-10-44-23-18(22(39)34(23)19(15)24(40)41)29-21(38)17(32-42)16-20(26)46-25(27)30-16/h4-5,8,18,23,42H,6-7,9-10H2,1-3H3,(H2,27,30)(H,29,38)(H,31,36)(H,40,41)/b32-17-/t18-,23+/m1/s1. The van der Waals surface area contributed by atoms with E-state index >= 15 is 0 Å². The van der Waals surface area contributed by atoms with Gasteiger partial charge in [-0.15, -0.1) is 11.8 Å². The first-order valence-corrected chi connectivity index (χ1v) is 17.4. The molecule has 2 aromatic heterocycles. The number of thiazole rings is 1. The third-order valence-corrected chi connectivity index (χ3v) is 11.1. The molecule has 1 saturated heterocycles. The molecule has 0 unspecified atom stereocenters. The van der Waals surface area contributed by atoms with Crippen LogP contribution < -0.4 is 16.5 Å². The smallest absolute Gasteiger partial charge is 0.353 e. The minimum absolute atomic E-state index is 0.0228. The number of hydrazine groups is 2. The summed E-state index contributed by atoms with van der Waals surface area (Å²) >= 11 is 11.0. The zero-order valence-electron chi connectivity index (χ0n) is 24.4. The van der Waals surface area contributed by atoms with Gasteiger partial charge in [0.25, 0.3) is 17.7 Å². The predicted molar refractivity (Wildman–Crippen MR) is 175 cm³/mol. The molecule has 2 atom stereocenters. The first-order chi connectivity index (χ1) is 21.8. The van der Waals surface area contributed by atoms with Gasteiger partial charge in [-0.3, -0.25) is 34.5 Å². The molecule has 246 valence electrons. The Bertz CT molecular complexity index is 1620. The van der Waals surface area contributed by atoms with Crippen LogP contribution in [0.1, 0.15) is 25.1 Å². The Kier molecular flexibility index (Phi) is 11.8. The van der Waals surface area contributed by atoms with Crippen molar-refractivity contribution in [3.8, 4) is 0 Å². The molecule has 0 bridgehead atoms. The van der Waals surface area contributed by atoms with Crippen LogP contribution in [0.5, 0.6) is 0 Å². The minimum atomic E-state index is -1.30. The van der Waals surface area contributed by atoms with Crippen LogP contribution in [-0.4, -0.2) is 107 Å². The van der Waals surface area contributed by atoms with Crippen molar-refractivity contribution in [1.29, 1.82) is 0 Å². The van der Waals surface area contributed by atoms with Crippen molar-refractivity contribution < 1.29 is 34.3 Å². The lowest BCUT2D eigenvalue weighted by molar-refractivity contribution is -0.158. The topological polar surface area (TPSA) is 224 Å². The van der Waals surface area contributed by atoms with Crippen LogP contribution in [0.15, 0.2) is 39.1 Å². The van der Waals surface area contributed by atoms with Gasteiger partial charge in [0.1, 0.15) is 27.1 Å². The number of nitrogen functional groups attached to an aromatic ring is 1. The zero-order valence-corrected chi connectivity index (χ0v) is 28.4. The van der Waals surface area contributed by atoms with Crippen LogP contribution in [0.3, 0.4) is 0 Å². The van der Waals surface area contributed by atoms with Crippen LogP contribution in [-0.2, 0) is 29.7 Å². The number of hydrogen-bond donors (Lipinski definition) is 5. The maximum absolute atomic E-state index is 13.2. The highest BCUT2D eigenvalue weighted by molar-refractivity contribution is 8.06. The number of carboxylic acids is 1. The molecule has 16 nitrogen and oxygen atoms in total. The van der Waals surface area contributed by atoms with Gasteiger partial charge in [0.15, 0.2) is 10.8 Å². The maximum atomic E-state index is 13.2. The quantitative estimate of drug-likeness (QED) is 0.0686. The molecule has 21 heteroatoms. The van der Waals surface area contributed by atoms with Gasteiger partial charge in [-0.25, -0.2) is 14.8 Å². The Labute approximate surface area is 284 Å². The van der Waals surface area contributed by atoms with Gasteiger partial charge in [0.2, 0.25) is 5.91 Å². The molecule has 4 amide bonds. The first kappa shape index (κ1) is 35.3. The van der Waals surface area contributed by atoms with Gasteiger partial charge in [-0.1, -0.05) is 39.9 Å². The summed E-state index contributed by atoms with van der Waals surface area (Å²) in [6.07, 6.45) is 3.27. The van der Waals surface area contributed by atoms with E-state index in [1.165, 1.54) is 37.4 Å². The third-order valence-electron chi connectivity index (χ3n) is 6.38. The van der Waals surface area contributed by atoms with Crippen molar-refractivity contribution in [2.45, 2.75) is 35.9 Å². The molecule has 46 heavy (non-hydrogen) atoms. The van der Waals surface area contributed by atoms with Crippen molar-refractivity contribution in [2.75, 3.05) is 30.8 Å². The molecular weight excluding hydrogens is 702 g/mol. The molecule has 4 rings (SSSR count). The summed E-state index contributed by atoms with van der Waals surface area (Å²) in [4.78, 5) is 72.1. The van der Waals surface area contributed by atoms with Crippen LogP contribution in [0.25, 0.3) is 0 Å². The fraction of sp³-hybridized carbons (Fsp3) is 0.360. The molecule has 2 aliphatic rings. The van der Waals surface area contributed by atoms with E-state index in [1.807, 2.05) is 0 Å². The Morgan fingerprint density at radius 3 is 2.65 bits per heavy atom. The highest BCUT2D eigenvalue weighted by Crippen LogP contribution is 2.46. The van der Waals surface area contributed by atoms with Gasteiger partial charge in [-0.2, -0.15) is 16.9 Å². The number of aromatic nitrogens is 2. The summed E-state index contributed by atoms with van der Waals surface area (Å²) in [6.45, 7) is 3.10. The van der Waals surface area contributed by atoms with E-state index in [9.17, 15) is 34.3 Å². The van der Waals surface area contributed by atoms with Crippen molar-refractivity contribution in [2.24, 2.45) is 5.16 Å². The number of carboxylic acid groups (broad SMARTS) is 1. The number of hydrogen-bond acceptors (Lipinski definition) is 15. The number of nitrogens with two attached hydrogens (primary N) is 1. The third kappa shape index (κ3) is 7.86. The van der Waals surface area contributed by atoms with Crippen molar-refractivity contribution in [1.82, 2.24) is 35.7 Å². The van der Waals surface area contributed by atoms with Gasteiger partial charge in [0, 0.05) is 66.9 Å². The van der Waals surface area contributed by atoms with E-state index in [4.69, 9.17) is 17.3 Å². The van der Waals surface area contributed by atoms with Crippen molar-refractivity contribution in [3.63, 3.8) is 0 Å². The van der Waals surface area contributed by atoms with E-state index in [-0.39, 0.29) is 38.4 Å². The predicted octanol–water partition coefficient (Wildman–Crippen LogP) is 1.42. The number of rotatable bonds is 12. The molecule has 0 aliphatic carbocycles. The summed E-state index contributed by atoms with van der Waals surface area (Å²) < 4.78 is 0.0228. The van der Waals surface area contributed by atoms with E-state index in [2.05, 4.69) is 25.9 Å². The van der Waals surface area contributed by atoms with Crippen LogP contribution >= 0.6 is 58.2 Å². The SMILES string of the molecule is CC(=O)NN(C(C)=O)N(C)CCSCc1cnccc1SC1=C(C(=O)O)N2C(=O)[C@@H](NC(=O)/C(=N\O)c3nc(N)sc3Cl)[C@@H]2SC1. The van der Waals surface area contributed by atoms with Crippen molar-refractivity contribution in [3.05, 3.63) is 44.7 Å².